The summed E-state index contributed by atoms with van der Waals surface area (Å²) >= 11 is 0. The molecular weight excluding hydrogens is 228 g/mol. The molecule has 1 aliphatic rings. The summed E-state index contributed by atoms with van der Waals surface area (Å²) in [7, 11) is 3.52. The van der Waals surface area contributed by atoms with Gasteiger partial charge >= 0.3 is 0 Å². The minimum atomic E-state index is -0.0183. The maximum absolute atomic E-state index is 12.1. The van der Waals surface area contributed by atoms with Crippen molar-refractivity contribution in [2.75, 3.05) is 14.1 Å². The first-order chi connectivity index (χ1) is 8.54. The molecule has 0 aromatic carbocycles. The van der Waals surface area contributed by atoms with Gasteiger partial charge in [-0.15, -0.1) is 0 Å². The summed E-state index contributed by atoms with van der Waals surface area (Å²) in [5, 5.41) is 4.51. The highest BCUT2D eigenvalue weighted by atomic mass is 16.2. The van der Waals surface area contributed by atoms with E-state index in [0.29, 0.717) is 5.69 Å². The number of amides is 1. The molecule has 1 aromatic heterocycles. The van der Waals surface area contributed by atoms with Crippen molar-refractivity contribution in [3.63, 3.8) is 0 Å². The third-order valence-corrected chi connectivity index (χ3v) is 3.43. The van der Waals surface area contributed by atoms with Crippen LogP contribution in [0.15, 0.2) is 0 Å². The number of fused-ring (bicyclic) bond motifs is 1. The molecule has 18 heavy (non-hydrogen) atoms. The molecule has 0 aliphatic heterocycles. The molecule has 2 rings (SSSR count). The van der Waals surface area contributed by atoms with Crippen molar-refractivity contribution < 1.29 is 4.79 Å². The van der Waals surface area contributed by atoms with Gasteiger partial charge in [0.1, 0.15) is 0 Å². The molecule has 0 saturated carbocycles. The molecule has 100 valence electrons. The lowest BCUT2D eigenvalue weighted by molar-refractivity contribution is 0.0820. The van der Waals surface area contributed by atoms with Gasteiger partial charge < -0.3 is 10.6 Å². The highest BCUT2D eigenvalue weighted by Gasteiger charge is 2.28. The van der Waals surface area contributed by atoms with Crippen LogP contribution in [0.3, 0.4) is 0 Å². The average molecular weight is 250 g/mol. The van der Waals surface area contributed by atoms with E-state index in [2.05, 4.69) is 12.0 Å². The summed E-state index contributed by atoms with van der Waals surface area (Å²) in [4.78, 5) is 13.7. The van der Waals surface area contributed by atoms with E-state index in [4.69, 9.17) is 5.73 Å². The second-order valence-corrected chi connectivity index (χ2v) is 5.20. The smallest absolute Gasteiger partial charge is 0.274 e. The molecule has 0 fully saturated rings. The Morgan fingerprint density at radius 1 is 1.56 bits per heavy atom. The van der Waals surface area contributed by atoms with Gasteiger partial charge in [0.25, 0.3) is 5.91 Å². The second-order valence-electron chi connectivity index (χ2n) is 5.20. The first-order valence-electron chi connectivity index (χ1n) is 6.60. The Morgan fingerprint density at radius 2 is 2.28 bits per heavy atom. The number of hydrogen-bond acceptors (Lipinski definition) is 3. The van der Waals surface area contributed by atoms with Gasteiger partial charge in [-0.1, -0.05) is 6.92 Å². The van der Waals surface area contributed by atoms with E-state index in [1.807, 2.05) is 4.68 Å². The standard InChI is InChI=1S/C13H22N4O/c1-4-7-17-11-6-5-9(14)8-10(11)12(15-17)13(18)16(2)3/h9H,4-8,14H2,1-3H3. The summed E-state index contributed by atoms with van der Waals surface area (Å²) in [5.41, 5.74) is 8.89. The monoisotopic (exact) mass is 250 g/mol. The summed E-state index contributed by atoms with van der Waals surface area (Å²) in [6.07, 6.45) is 3.71. The zero-order chi connectivity index (χ0) is 13.3. The van der Waals surface area contributed by atoms with Crippen molar-refractivity contribution in [2.45, 2.75) is 45.2 Å². The third-order valence-electron chi connectivity index (χ3n) is 3.43. The molecule has 5 heteroatoms. The van der Waals surface area contributed by atoms with E-state index >= 15 is 0 Å². The molecule has 1 atom stereocenters. The van der Waals surface area contributed by atoms with Gasteiger partial charge in [0.15, 0.2) is 5.69 Å². The van der Waals surface area contributed by atoms with E-state index in [-0.39, 0.29) is 11.9 Å². The number of nitrogens with two attached hydrogens (primary N) is 1. The zero-order valence-electron chi connectivity index (χ0n) is 11.4. The van der Waals surface area contributed by atoms with Crippen LogP contribution in [-0.2, 0) is 19.4 Å². The van der Waals surface area contributed by atoms with Crippen molar-refractivity contribution in [3.8, 4) is 0 Å². The van der Waals surface area contributed by atoms with E-state index < -0.39 is 0 Å². The SMILES string of the molecule is CCCn1nc(C(=O)N(C)C)c2c1CCC(N)C2. The van der Waals surface area contributed by atoms with E-state index in [1.165, 1.54) is 5.69 Å². The van der Waals surface area contributed by atoms with Crippen molar-refractivity contribution in [2.24, 2.45) is 5.73 Å². The van der Waals surface area contributed by atoms with E-state index in [1.54, 1.807) is 19.0 Å². The van der Waals surface area contributed by atoms with Crippen LogP contribution in [0.4, 0.5) is 0 Å². The van der Waals surface area contributed by atoms with Gasteiger partial charge in [0.2, 0.25) is 0 Å². The number of aromatic nitrogens is 2. The molecule has 0 radical (unpaired) electrons. The van der Waals surface area contributed by atoms with Crippen molar-refractivity contribution in [1.82, 2.24) is 14.7 Å². The quantitative estimate of drug-likeness (QED) is 0.863. The van der Waals surface area contributed by atoms with Gasteiger partial charge in [-0.3, -0.25) is 9.48 Å². The predicted molar refractivity (Wildman–Crippen MR) is 70.5 cm³/mol. The Kier molecular flexibility index (Phi) is 3.71. The van der Waals surface area contributed by atoms with Crippen LogP contribution in [-0.4, -0.2) is 40.7 Å². The number of carbonyl (C=O) groups excluding carboxylic acids is 1. The number of rotatable bonds is 3. The molecule has 0 bridgehead atoms. The van der Waals surface area contributed by atoms with Crippen molar-refractivity contribution in [3.05, 3.63) is 17.0 Å². The van der Waals surface area contributed by atoms with Gasteiger partial charge in [0.05, 0.1) is 0 Å². The van der Waals surface area contributed by atoms with Crippen LogP contribution < -0.4 is 5.73 Å². The Hall–Kier alpha value is -1.36. The minimum Gasteiger partial charge on any atom is -0.343 e. The molecule has 1 heterocycles. The maximum Gasteiger partial charge on any atom is 0.274 e. The number of carbonyl (C=O) groups is 1. The molecule has 1 aliphatic carbocycles. The fourth-order valence-corrected chi connectivity index (χ4v) is 2.50. The van der Waals surface area contributed by atoms with Crippen LogP contribution >= 0.6 is 0 Å². The first-order valence-corrected chi connectivity index (χ1v) is 6.60. The minimum absolute atomic E-state index is 0.0183. The summed E-state index contributed by atoms with van der Waals surface area (Å²) < 4.78 is 2.00. The Morgan fingerprint density at radius 3 is 2.89 bits per heavy atom. The number of nitrogens with zero attached hydrogens (tertiary/aromatic N) is 3. The lowest BCUT2D eigenvalue weighted by Crippen LogP contribution is -2.30. The lowest BCUT2D eigenvalue weighted by atomic mass is 9.92. The normalized spacial score (nSPS) is 18.6. The molecular formula is C13H22N4O. The number of hydrogen-bond donors (Lipinski definition) is 1. The van der Waals surface area contributed by atoms with Gasteiger partial charge in [0, 0.05) is 37.9 Å². The summed E-state index contributed by atoms with van der Waals surface area (Å²) in [5.74, 6) is -0.0183. The Balaban J connectivity index is 2.43. The van der Waals surface area contributed by atoms with Crippen LogP contribution in [0.1, 0.15) is 41.5 Å². The molecule has 1 aromatic rings. The zero-order valence-corrected chi connectivity index (χ0v) is 11.4. The molecule has 2 N–H and O–H groups in total. The third kappa shape index (κ3) is 2.27. The molecule has 1 amide bonds. The van der Waals surface area contributed by atoms with Gasteiger partial charge in [-0.05, 0) is 25.7 Å². The fraction of sp³-hybridized carbons (Fsp3) is 0.692. The van der Waals surface area contributed by atoms with Crippen molar-refractivity contribution in [1.29, 1.82) is 0 Å². The Labute approximate surface area is 108 Å². The number of aryl methyl sites for hydroxylation is 1. The predicted octanol–water partition coefficient (Wildman–Crippen LogP) is 0.811. The fourth-order valence-electron chi connectivity index (χ4n) is 2.50. The molecule has 0 saturated heterocycles. The van der Waals surface area contributed by atoms with Crippen LogP contribution in [0.5, 0.6) is 0 Å². The van der Waals surface area contributed by atoms with E-state index in [0.717, 1.165) is 37.8 Å². The van der Waals surface area contributed by atoms with Crippen molar-refractivity contribution >= 4 is 5.91 Å². The van der Waals surface area contributed by atoms with Crippen LogP contribution in [0.25, 0.3) is 0 Å². The molecule has 1 unspecified atom stereocenters. The summed E-state index contributed by atoms with van der Waals surface area (Å²) in [6, 6.07) is 0.158. The van der Waals surface area contributed by atoms with Crippen LogP contribution in [0, 0.1) is 0 Å². The maximum atomic E-state index is 12.1. The topological polar surface area (TPSA) is 64.2 Å². The van der Waals surface area contributed by atoms with Gasteiger partial charge in [-0.25, -0.2) is 0 Å². The van der Waals surface area contributed by atoms with Crippen LogP contribution in [0.2, 0.25) is 0 Å². The van der Waals surface area contributed by atoms with Gasteiger partial charge in [-0.2, -0.15) is 5.10 Å². The average Bonchev–Trinajstić information content (AvgIpc) is 2.67. The first kappa shape index (κ1) is 13.1. The van der Waals surface area contributed by atoms with E-state index in [9.17, 15) is 4.79 Å². The largest absolute Gasteiger partial charge is 0.343 e. The highest BCUT2D eigenvalue weighted by molar-refractivity contribution is 5.93. The highest BCUT2D eigenvalue weighted by Crippen LogP contribution is 2.25. The second kappa shape index (κ2) is 5.10. The molecule has 0 spiro atoms. The lowest BCUT2D eigenvalue weighted by Gasteiger charge is -2.20. The Bertz CT molecular complexity index is 450. The summed E-state index contributed by atoms with van der Waals surface area (Å²) in [6.45, 7) is 2.99. The molecule has 5 nitrogen and oxygen atoms in total.